The van der Waals surface area contributed by atoms with Crippen molar-refractivity contribution in [3.8, 4) is 5.75 Å². The highest BCUT2D eigenvalue weighted by molar-refractivity contribution is 5.84. The zero-order valence-electron chi connectivity index (χ0n) is 15.1. The highest BCUT2D eigenvalue weighted by atomic mass is 16.5. The van der Waals surface area contributed by atoms with Crippen molar-refractivity contribution in [3.05, 3.63) is 78.4 Å². The number of hydrogen-bond donors (Lipinski definition) is 1. The van der Waals surface area contributed by atoms with Gasteiger partial charge < -0.3 is 9.84 Å². The highest BCUT2D eigenvalue weighted by Crippen LogP contribution is 2.14. The van der Waals surface area contributed by atoms with E-state index in [1.54, 1.807) is 24.3 Å². The molecule has 0 heterocycles. The number of aryl methyl sites for hydroxylation is 1. The molecule has 4 heteroatoms. The molecular formula is C22H26O4. The minimum Gasteiger partial charge on any atom is -0.478 e. The summed E-state index contributed by atoms with van der Waals surface area (Å²) in [6.07, 6.45) is 18.1. The van der Waals surface area contributed by atoms with Crippen molar-refractivity contribution in [1.82, 2.24) is 0 Å². The van der Waals surface area contributed by atoms with E-state index in [0.29, 0.717) is 5.75 Å². The lowest BCUT2D eigenvalue weighted by molar-refractivity contribution is -0.131. The Morgan fingerprint density at radius 1 is 0.962 bits per heavy atom. The number of aliphatic carboxylic acids is 1. The summed E-state index contributed by atoms with van der Waals surface area (Å²) in [5, 5.41) is 8.46. The second kappa shape index (κ2) is 13.4. The number of carboxylic acids is 1. The summed E-state index contributed by atoms with van der Waals surface area (Å²) >= 11 is 0. The van der Waals surface area contributed by atoms with Crippen molar-refractivity contribution < 1.29 is 19.4 Å². The molecule has 0 aromatic heterocycles. The average Bonchev–Trinajstić information content (AvgIpc) is 2.62. The van der Waals surface area contributed by atoms with Crippen LogP contribution >= 0.6 is 0 Å². The maximum Gasteiger partial charge on any atom is 0.336 e. The number of allylic oxidation sites excluding steroid dienone is 6. The Labute approximate surface area is 155 Å². The minimum absolute atomic E-state index is 0.390. The van der Waals surface area contributed by atoms with E-state index >= 15 is 0 Å². The number of rotatable bonds is 11. The van der Waals surface area contributed by atoms with Gasteiger partial charge in [-0.1, -0.05) is 61.9 Å². The van der Waals surface area contributed by atoms with Crippen LogP contribution in [0.1, 0.15) is 38.2 Å². The molecule has 0 amide bonds. The molecule has 0 aliphatic carbocycles. The molecule has 4 nitrogen and oxygen atoms in total. The topological polar surface area (TPSA) is 63.6 Å². The molecule has 0 unspecified atom stereocenters. The number of unbranched alkanes of at least 4 members (excludes halogenated alkanes) is 2. The summed E-state index contributed by atoms with van der Waals surface area (Å²) in [5.74, 6) is -0.808. The Kier molecular flexibility index (Phi) is 10.9. The number of carbonyl (C=O) groups is 2. The second-order valence-electron chi connectivity index (χ2n) is 5.66. The lowest BCUT2D eigenvalue weighted by Crippen LogP contribution is -2.03. The Hall–Kier alpha value is -2.88. The average molecular weight is 354 g/mol. The molecule has 1 N–H and O–H groups in total. The maximum atomic E-state index is 11.7. The fourth-order valence-corrected chi connectivity index (χ4v) is 2.09. The lowest BCUT2D eigenvalue weighted by Gasteiger charge is -2.03. The van der Waals surface area contributed by atoms with Crippen molar-refractivity contribution >= 4 is 11.9 Å². The predicted molar refractivity (Wildman–Crippen MR) is 104 cm³/mol. The largest absolute Gasteiger partial charge is 0.478 e. The Morgan fingerprint density at radius 2 is 1.62 bits per heavy atom. The molecule has 0 aliphatic heterocycles. The molecule has 0 aliphatic rings. The van der Waals surface area contributed by atoms with Crippen LogP contribution < -0.4 is 4.74 Å². The normalized spacial score (nSPS) is 11.9. The summed E-state index contributed by atoms with van der Waals surface area (Å²) in [6.45, 7) is 2.10. The predicted octanol–water partition coefficient (Wildman–Crippen LogP) is 5.02. The molecule has 26 heavy (non-hydrogen) atoms. The fraction of sp³-hybridized carbons (Fsp3) is 0.273. The first-order valence-electron chi connectivity index (χ1n) is 8.82. The molecule has 0 fully saturated rings. The lowest BCUT2D eigenvalue weighted by atomic mass is 10.1. The molecule has 1 aromatic rings. The zero-order valence-corrected chi connectivity index (χ0v) is 15.1. The van der Waals surface area contributed by atoms with Gasteiger partial charge in [0.25, 0.3) is 0 Å². The van der Waals surface area contributed by atoms with Crippen molar-refractivity contribution in [3.63, 3.8) is 0 Å². The van der Waals surface area contributed by atoms with Crippen LogP contribution in [-0.4, -0.2) is 17.0 Å². The number of hydrogen-bond acceptors (Lipinski definition) is 3. The van der Waals surface area contributed by atoms with Gasteiger partial charge in [-0.25, -0.2) is 9.59 Å². The number of esters is 1. The van der Waals surface area contributed by atoms with Crippen LogP contribution in [-0.2, 0) is 16.0 Å². The van der Waals surface area contributed by atoms with E-state index in [0.717, 1.165) is 43.7 Å². The quantitative estimate of drug-likeness (QED) is 0.199. The molecular weight excluding hydrogens is 328 g/mol. The number of carbonyl (C=O) groups excluding carboxylic acids is 1. The van der Waals surface area contributed by atoms with E-state index in [1.807, 2.05) is 30.4 Å². The Balaban J connectivity index is 2.32. The molecule has 0 atom stereocenters. The summed E-state index contributed by atoms with van der Waals surface area (Å²) in [6, 6.07) is 7.47. The monoisotopic (exact) mass is 354 g/mol. The molecule has 0 saturated carbocycles. The highest BCUT2D eigenvalue weighted by Gasteiger charge is 2.00. The Bertz CT molecular complexity index is 664. The van der Waals surface area contributed by atoms with Gasteiger partial charge in [-0.2, -0.15) is 0 Å². The van der Waals surface area contributed by atoms with Crippen LogP contribution in [0.4, 0.5) is 0 Å². The van der Waals surface area contributed by atoms with Crippen LogP contribution in [0.25, 0.3) is 0 Å². The Morgan fingerprint density at radius 3 is 2.27 bits per heavy atom. The molecule has 0 saturated heterocycles. The summed E-state index contributed by atoms with van der Waals surface area (Å²) in [5.41, 5.74) is 1.16. The first kappa shape index (κ1) is 21.2. The van der Waals surface area contributed by atoms with Crippen LogP contribution in [0, 0.1) is 0 Å². The molecule has 0 bridgehead atoms. The van der Waals surface area contributed by atoms with Crippen LogP contribution in [0.2, 0.25) is 0 Å². The van der Waals surface area contributed by atoms with Gasteiger partial charge in [0.15, 0.2) is 0 Å². The van der Waals surface area contributed by atoms with Crippen molar-refractivity contribution in [2.75, 3.05) is 0 Å². The third-order valence-corrected chi connectivity index (χ3v) is 3.40. The van der Waals surface area contributed by atoms with Gasteiger partial charge in [0.2, 0.25) is 0 Å². The summed E-state index contributed by atoms with van der Waals surface area (Å²) < 4.78 is 5.24. The van der Waals surface area contributed by atoms with Gasteiger partial charge in [0.05, 0.1) is 0 Å². The van der Waals surface area contributed by atoms with E-state index in [4.69, 9.17) is 9.84 Å². The number of benzene rings is 1. The van der Waals surface area contributed by atoms with E-state index in [2.05, 4.69) is 6.92 Å². The third kappa shape index (κ3) is 10.8. The minimum atomic E-state index is -0.945. The number of ether oxygens (including phenoxy) is 1. The van der Waals surface area contributed by atoms with Gasteiger partial charge in [-0.05, 0) is 43.4 Å². The molecule has 1 rings (SSSR count). The number of carboxylic acid groups (broad SMARTS) is 1. The first-order valence-corrected chi connectivity index (χ1v) is 8.82. The zero-order chi connectivity index (χ0) is 19.0. The van der Waals surface area contributed by atoms with Crippen molar-refractivity contribution in [1.29, 1.82) is 0 Å². The SMILES string of the molecule is CCCC=CC=CC(=O)Oc1ccc(CCCC=CC=CC(=O)O)cc1. The second-order valence-corrected chi connectivity index (χ2v) is 5.66. The van der Waals surface area contributed by atoms with E-state index in [-0.39, 0.29) is 0 Å². The van der Waals surface area contributed by atoms with Gasteiger partial charge in [0, 0.05) is 12.2 Å². The summed E-state index contributed by atoms with van der Waals surface area (Å²) in [7, 11) is 0. The smallest absolute Gasteiger partial charge is 0.336 e. The van der Waals surface area contributed by atoms with Crippen molar-refractivity contribution in [2.45, 2.75) is 39.0 Å². The van der Waals surface area contributed by atoms with Gasteiger partial charge in [0.1, 0.15) is 5.75 Å². The van der Waals surface area contributed by atoms with Crippen LogP contribution in [0.3, 0.4) is 0 Å². The fourth-order valence-electron chi connectivity index (χ4n) is 2.09. The maximum absolute atomic E-state index is 11.7. The van der Waals surface area contributed by atoms with Crippen molar-refractivity contribution in [2.24, 2.45) is 0 Å². The molecule has 138 valence electrons. The molecule has 1 aromatic carbocycles. The van der Waals surface area contributed by atoms with E-state index in [1.165, 1.54) is 12.2 Å². The van der Waals surface area contributed by atoms with Crippen LogP contribution in [0.5, 0.6) is 5.75 Å². The van der Waals surface area contributed by atoms with Gasteiger partial charge in [-0.3, -0.25) is 0 Å². The van der Waals surface area contributed by atoms with E-state index < -0.39 is 11.9 Å². The molecule has 0 spiro atoms. The van der Waals surface area contributed by atoms with Gasteiger partial charge in [-0.15, -0.1) is 0 Å². The van der Waals surface area contributed by atoms with Gasteiger partial charge >= 0.3 is 11.9 Å². The van der Waals surface area contributed by atoms with E-state index in [9.17, 15) is 9.59 Å². The van der Waals surface area contributed by atoms with Crippen LogP contribution in [0.15, 0.2) is 72.9 Å². The molecule has 0 radical (unpaired) electrons. The summed E-state index contributed by atoms with van der Waals surface area (Å²) in [4.78, 5) is 22.0. The first-order chi connectivity index (χ1) is 12.6. The third-order valence-electron chi connectivity index (χ3n) is 3.40. The standard InChI is InChI=1S/C22H26O4/c1-2-3-4-6-11-14-22(25)26-20-17-15-19(16-18-20)12-9-7-5-8-10-13-21(23)24/h4-6,8,10-11,13-18H,2-3,7,9,12H2,1H3,(H,23,24).